The molecule has 0 aliphatic carbocycles. The molecule has 202 valence electrons. The van der Waals surface area contributed by atoms with Gasteiger partial charge in [-0.25, -0.2) is 0 Å². The third-order valence-electron chi connectivity index (χ3n) is 5.99. The molecule has 0 saturated heterocycles. The largest absolute Gasteiger partial charge is 0.494 e. The molecule has 7 heteroatoms. The van der Waals surface area contributed by atoms with Gasteiger partial charge >= 0.3 is 0 Å². The third kappa shape index (κ3) is 7.94. The molecule has 0 aliphatic rings. The molecule has 0 unspecified atom stereocenters. The molecule has 0 aliphatic heterocycles. The molecule has 2 amide bonds. The van der Waals surface area contributed by atoms with Gasteiger partial charge in [-0.2, -0.15) is 0 Å². The Hall–Kier alpha value is -4.62. The Labute approximate surface area is 238 Å². The smallest absolute Gasteiger partial charge is 0.272 e. The number of ether oxygens (including phenoxy) is 1. The van der Waals surface area contributed by atoms with Crippen LogP contribution in [0.2, 0.25) is 0 Å². The summed E-state index contributed by atoms with van der Waals surface area (Å²) in [6, 6.07) is 30.7. The van der Waals surface area contributed by atoms with Gasteiger partial charge in [0, 0.05) is 21.7 Å². The monoisotopic (exact) mass is 550 g/mol. The van der Waals surface area contributed by atoms with Crippen molar-refractivity contribution in [2.45, 2.75) is 18.7 Å². The number of nitrogens with one attached hydrogen (secondary N) is 2. The first kappa shape index (κ1) is 28.4. The number of carbonyl (C=O) groups excluding carboxylic acids is 3. The van der Waals surface area contributed by atoms with Gasteiger partial charge in [0.25, 0.3) is 11.8 Å². The highest BCUT2D eigenvalue weighted by atomic mass is 32.2. The zero-order valence-electron chi connectivity index (χ0n) is 22.3. The molecule has 2 N–H and O–H groups in total. The average Bonchev–Trinajstić information content (AvgIpc) is 2.98. The Kier molecular flexibility index (Phi) is 9.91. The van der Waals surface area contributed by atoms with E-state index in [1.807, 2.05) is 56.3 Å². The average molecular weight is 551 g/mol. The summed E-state index contributed by atoms with van der Waals surface area (Å²) in [7, 11) is 0. The van der Waals surface area contributed by atoms with Crippen molar-refractivity contribution >= 4 is 41.1 Å². The van der Waals surface area contributed by atoms with Crippen LogP contribution in [0.1, 0.15) is 38.8 Å². The summed E-state index contributed by atoms with van der Waals surface area (Å²) >= 11 is 1.42. The first-order valence-corrected chi connectivity index (χ1v) is 13.9. The molecule has 6 nitrogen and oxygen atoms in total. The van der Waals surface area contributed by atoms with E-state index in [0.29, 0.717) is 23.4 Å². The second-order valence-electron chi connectivity index (χ2n) is 8.88. The topological polar surface area (TPSA) is 84.5 Å². The Morgan fingerprint density at radius 2 is 1.48 bits per heavy atom. The van der Waals surface area contributed by atoms with Crippen LogP contribution in [0.15, 0.2) is 114 Å². The summed E-state index contributed by atoms with van der Waals surface area (Å²) in [4.78, 5) is 39.6. The number of carbonyl (C=O) groups is 3. The Morgan fingerprint density at radius 1 is 0.800 bits per heavy atom. The van der Waals surface area contributed by atoms with Gasteiger partial charge in [0.15, 0.2) is 5.78 Å². The summed E-state index contributed by atoms with van der Waals surface area (Å²) < 4.78 is 5.43. The maximum absolute atomic E-state index is 13.3. The van der Waals surface area contributed by atoms with Crippen molar-refractivity contribution in [3.8, 4) is 5.75 Å². The SMILES string of the molecule is CCOc1ccc(C(=O)CSc2ccc(NC(=O)/C(=C/c3ccccc3C)NC(=O)c3ccccc3)cc2)cc1. The Morgan fingerprint density at radius 3 is 2.15 bits per heavy atom. The second-order valence-corrected chi connectivity index (χ2v) is 9.93. The summed E-state index contributed by atoms with van der Waals surface area (Å²) in [5, 5.41) is 5.62. The molecule has 0 bridgehead atoms. The van der Waals surface area contributed by atoms with Crippen molar-refractivity contribution in [1.82, 2.24) is 5.32 Å². The summed E-state index contributed by atoms with van der Waals surface area (Å²) in [6.07, 6.45) is 1.67. The zero-order valence-corrected chi connectivity index (χ0v) is 23.2. The van der Waals surface area contributed by atoms with Gasteiger partial charge in [0.2, 0.25) is 0 Å². The van der Waals surface area contributed by atoms with Crippen molar-refractivity contribution in [2.75, 3.05) is 17.7 Å². The number of rotatable bonds is 11. The number of aryl methyl sites for hydroxylation is 1. The number of ketones is 1. The van der Waals surface area contributed by atoms with Crippen LogP contribution in [0.25, 0.3) is 6.08 Å². The number of hydrogen-bond acceptors (Lipinski definition) is 5. The van der Waals surface area contributed by atoms with Gasteiger partial charge in [-0.1, -0.05) is 42.5 Å². The van der Waals surface area contributed by atoms with Crippen LogP contribution in [0, 0.1) is 6.92 Å². The van der Waals surface area contributed by atoms with Crippen molar-refractivity contribution in [3.05, 3.63) is 131 Å². The molecule has 4 rings (SSSR count). The number of benzene rings is 4. The van der Waals surface area contributed by atoms with E-state index in [2.05, 4.69) is 10.6 Å². The molecule has 0 spiro atoms. The summed E-state index contributed by atoms with van der Waals surface area (Å²) in [6.45, 7) is 4.43. The molecule has 4 aromatic carbocycles. The van der Waals surface area contributed by atoms with Crippen molar-refractivity contribution in [1.29, 1.82) is 0 Å². The van der Waals surface area contributed by atoms with E-state index in [1.165, 1.54) is 11.8 Å². The van der Waals surface area contributed by atoms with Crippen LogP contribution < -0.4 is 15.4 Å². The van der Waals surface area contributed by atoms with Gasteiger partial charge in [-0.3, -0.25) is 14.4 Å². The maximum atomic E-state index is 13.3. The van der Waals surface area contributed by atoms with E-state index in [-0.39, 0.29) is 23.1 Å². The Bertz CT molecular complexity index is 1500. The molecule has 0 fully saturated rings. The predicted octanol–water partition coefficient (Wildman–Crippen LogP) is 6.78. The number of anilines is 1. The fraction of sp³-hybridized carbons (Fsp3) is 0.121. The first-order chi connectivity index (χ1) is 19.4. The fourth-order valence-corrected chi connectivity index (χ4v) is 4.61. The minimum atomic E-state index is -0.446. The zero-order chi connectivity index (χ0) is 28.3. The van der Waals surface area contributed by atoms with Crippen LogP contribution >= 0.6 is 11.8 Å². The lowest BCUT2D eigenvalue weighted by Crippen LogP contribution is -2.30. The highest BCUT2D eigenvalue weighted by molar-refractivity contribution is 8.00. The number of hydrogen-bond donors (Lipinski definition) is 2. The number of Topliss-reactive ketones (excluding diaryl/α,β-unsaturated/α-hetero) is 1. The van der Waals surface area contributed by atoms with E-state index < -0.39 is 5.91 Å². The Balaban J connectivity index is 1.41. The lowest BCUT2D eigenvalue weighted by atomic mass is 10.1. The van der Waals surface area contributed by atoms with E-state index in [4.69, 9.17) is 4.74 Å². The predicted molar refractivity (Wildman–Crippen MR) is 161 cm³/mol. The molecular formula is C33H30N2O4S. The maximum Gasteiger partial charge on any atom is 0.272 e. The van der Waals surface area contributed by atoms with Crippen molar-refractivity contribution < 1.29 is 19.1 Å². The standard InChI is InChI=1S/C33H30N2O4S/c1-3-39-28-17-13-24(14-18-28)31(36)22-40-29-19-15-27(16-20-29)34-33(38)30(21-26-12-8-7-9-23(26)2)35-32(37)25-10-5-4-6-11-25/h4-21H,3,22H2,1-2H3,(H,34,38)(H,35,37)/b30-21-. The highest BCUT2D eigenvalue weighted by Crippen LogP contribution is 2.23. The normalized spacial score (nSPS) is 11.0. The molecule has 4 aromatic rings. The molecule has 0 radical (unpaired) electrons. The van der Waals surface area contributed by atoms with Crippen molar-refractivity contribution in [2.24, 2.45) is 0 Å². The van der Waals surface area contributed by atoms with Gasteiger partial charge < -0.3 is 15.4 Å². The summed E-state index contributed by atoms with van der Waals surface area (Å²) in [5.74, 6) is 0.221. The van der Waals surface area contributed by atoms with Crippen molar-refractivity contribution in [3.63, 3.8) is 0 Å². The highest BCUT2D eigenvalue weighted by Gasteiger charge is 2.16. The number of amides is 2. The quantitative estimate of drug-likeness (QED) is 0.122. The van der Waals surface area contributed by atoms with Gasteiger partial charge in [0.05, 0.1) is 12.4 Å². The van der Waals surface area contributed by atoms with E-state index >= 15 is 0 Å². The van der Waals surface area contributed by atoms with E-state index in [1.54, 1.807) is 66.7 Å². The second kappa shape index (κ2) is 14.0. The lowest BCUT2D eigenvalue weighted by Gasteiger charge is -2.12. The van der Waals surface area contributed by atoms with Gasteiger partial charge in [-0.15, -0.1) is 11.8 Å². The molecule has 0 atom stereocenters. The minimum Gasteiger partial charge on any atom is -0.494 e. The van der Waals surface area contributed by atoms with Gasteiger partial charge in [-0.05, 0) is 91.7 Å². The molecule has 0 aromatic heterocycles. The van der Waals surface area contributed by atoms with Crippen LogP contribution in [0.5, 0.6) is 5.75 Å². The lowest BCUT2D eigenvalue weighted by molar-refractivity contribution is -0.113. The third-order valence-corrected chi connectivity index (χ3v) is 7.00. The van der Waals surface area contributed by atoms with Crippen LogP contribution in [-0.4, -0.2) is 30.0 Å². The minimum absolute atomic E-state index is 0.0190. The van der Waals surface area contributed by atoms with Crippen LogP contribution in [0.4, 0.5) is 5.69 Å². The van der Waals surface area contributed by atoms with E-state index in [0.717, 1.165) is 21.8 Å². The van der Waals surface area contributed by atoms with E-state index in [9.17, 15) is 14.4 Å². The molecule has 40 heavy (non-hydrogen) atoms. The molecular weight excluding hydrogens is 520 g/mol. The first-order valence-electron chi connectivity index (χ1n) is 12.9. The summed E-state index contributed by atoms with van der Waals surface area (Å²) in [5.41, 5.74) is 3.57. The fourth-order valence-electron chi connectivity index (χ4n) is 3.82. The van der Waals surface area contributed by atoms with Crippen LogP contribution in [-0.2, 0) is 4.79 Å². The molecule has 0 saturated carbocycles. The number of thioether (sulfide) groups is 1. The van der Waals surface area contributed by atoms with Crippen LogP contribution in [0.3, 0.4) is 0 Å². The molecule has 0 heterocycles. The van der Waals surface area contributed by atoms with Gasteiger partial charge in [0.1, 0.15) is 11.4 Å².